The molecule has 2 aromatic carbocycles. The summed E-state index contributed by atoms with van der Waals surface area (Å²) in [6.45, 7) is 4.29. The minimum atomic E-state index is -0.759. The average molecular weight is 321 g/mol. The average Bonchev–Trinajstić information content (AvgIpc) is 3.11. The van der Waals surface area contributed by atoms with Crippen molar-refractivity contribution >= 4 is 11.7 Å². The summed E-state index contributed by atoms with van der Waals surface area (Å²) >= 11 is 0. The van der Waals surface area contributed by atoms with E-state index < -0.39 is 5.54 Å². The van der Waals surface area contributed by atoms with Gasteiger partial charge in [-0.15, -0.1) is 0 Å². The molecule has 0 radical (unpaired) electrons. The number of hydroxylamine groups is 1. The fourth-order valence-electron chi connectivity index (χ4n) is 4.20. The van der Waals surface area contributed by atoms with Gasteiger partial charge in [0.2, 0.25) is 0 Å². The number of carbonyl (C=O) groups excluding carboxylic acids is 1. The molecular formula is C20H19NO3. The number of anilines is 1. The van der Waals surface area contributed by atoms with Gasteiger partial charge < -0.3 is 9.57 Å². The second-order valence-electron chi connectivity index (χ2n) is 6.64. The zero-order chi connectivity index (χ0) is 16.9. The number of carbonyl (C=O) groups is 1. The minimum absolute atomic E-state index is 0.373. The van der Waals surface area contributed by atoms with Gasteiger partial charge in [-0.1, -0.05) is 62.4 Å². The van der Waals surface area contributed by atoms with Crippen molar-refractivity contribution in [3.63, 3.8) is 0 Å². The van der Waals surface area contributed by atoms with Crippen LogP contribution in [0.25, 0.3) is 0 Å². The van der Waals surface area contributed by atoms with E-state index in [-0.39, 0.29) is 11.4 Å². The molecule has 4 rings (SSSR count). The van der Waals surface area contributed by atoms with E-state index in [1.54, 1.807) is 0 Å². The number of rotatable bonds is 2. The number of methoxy groups -OCH3 is 1. The Bertz CT molecular complexity index is 841. The molecule has 24 heavy (non-hydrogen) atoms. The van der Waals surface area contributed by atoms with E-state index in [9.17, 15) is 4.79 Å². The summed E-state index contributed by atoms with van der Waals surface area (Å²) in [7, 11) is 1.40. The predicted molar refractivity (Wildman–Crippen MR) is 91.3 cm³/mol. The number of nitrogens with zero attached hydrogens (tertiary/aromatic N) is 1. The standard InChI is InChI=1S/C20H19NO3/c1-19(2)15-11-7-8-12-17(15)21-20(19,14-9-5-4-6-10-14)16(13-24-21)18(22)23-3/h4-13H,1-3H3. The second kappa shape index (κ2) is 4.87. The predicted octanol–water partition coefficient (Wildman–Crippen LogP) is 3.68. The molecule has 2 heterocycles. The molecule has 122 valence electrons. The molecule has 0 amide bonds. The smallest absolute Gasteiger partial charge is 0.339 e. The Hall–Kier alpha value is -2.75. The molecule has 1 atom stereocenters. The van der Waals surface area contributed by atoms with Crippen LogP contribution in [0.4, 0.5) is 5.69 Å². The van der Waals surface area contributed by atoms with E-state index in [0.717, 1.165) is 16.8 Å². The van der Waals surface area contributed by atoms with Crippen molar-refractivity contribution < 1.29 is 14.4 Å². The molecule has 0 fully saturated rings. The lowest BCUT2D eigenvalue weighted by molar-refractivity contribution is -0.137. The van der Waals surface area contributed by atoms with Gasteiger partial charge in [0, 0.05) is 5.41 Å². The maximum Gasteiger partial charge on any atom is 0.339 e. The highest BCUT2D eigenvalue weighted by atomic mass is 16.7. The van der Waals surface area contributed by atoms with Crippen LogP contribution in [0.2, 0.25) is 0 Å². The Labute approximate surface area is 141 Å². The molecule has 2 aliphatic rings. The SMILES string of the molecule is COC(=O)C1=CON2c3ccccc3C(C)(C)C12c1ccccc1. The van der Waals surface area contributed by atoms with E-state index in [4.69, 9.17) is 9.57 Å². The molecular weight excluding hydrogens is 302 g/mol. The molecule has 1 unspecified atom stereocenters. The Morgan fingerprint density at radius 2 is 1.71 bits per heavy atom. The largest absolute Gasteiger partial charge is 0.465 e. The molecule has 0 aliphatic carbocycles. The molecule has 4 heteroatoms. The first-order chi connectivity index (χ1) is 11.5. The van der Waals surface area contributed by atoms with Crippen molar-refractivity contribution in [2.24, 2.45) is 0 Å². The van der Waals surface area contributed by atoms with Gasteiger partial charge in [-0.2, -0.15) is 5.06 Å². The Morgan fingerprint density at radius 3 is 2.42 bits per heavy atom. The van der Waals surface area contributed by atoms with Crippen LogP contribution in [0.3, 0.4) is 0 Å². The summed E-state index contributed by atoms with van der Waals surface area (Å²) in [5.41, 5.74) is 2.48. The van der Waals surface area contributed by atoms with Gasteiger partial charge in [-0.05, 0) is 17.2 Å². The number of para-hydroxylation sites is 1. The monoisotopic (exact) mass is 321 g/mol. The zero-order valence-electron chi connectivity index (χ0n) is 13.9. The van der Waals surface area contributed by atoms with Crippen LogP contribution in [0, 0.1) is 0 Å². The van der Waals surface area contributed by atoms with Gasteiger partial charge in [0.1, 0.15) is 17.4 Å². The van der Waals surface area contributed by atoms with Crippen LogP contribution in [0.5, 0.6) is 0 Å². The summed E-state index contributed by atoms with van der Waals surface area (Å²) < 4.78 is 5.07. The molecule has 2 aromatic rings. The fourth-order valence-corrected chi connectivity index (χ4v) is 4.20. The van der Waals surface area contributed by atoms with Gasteiger partial charge in [-0.25, -0.2) is 4.79 Å². The first kappa shape index (κ1) is 14.8. The van der Waals surface area contributed by atoms with Crippen LogP contribution in [0.1, 0.15) is 25.0 Å². The zero-order valence-corrected chi connectivity index (χ0v) is 13.9. The molecule has 4 nitrogen and oxygen atoms in total. The van der Waals surface area contributed by atoms with Crippen LogP contribution in [-0.2, 0) is 25.3 Å². The van der Waals surface area contributed by atoms with E-state index >= 15 is 0 Å². The lowest BCUT2D eigenvalue weighted by Crippen LogP contribution is -2.52. The number of fused-ring (bicyclic) bond motifs is 3. The third-order valence-electron chi connectivity index (χ3n) is 5.27. The van der Waals surface area contributed by atoms with Crippen molar-refractivity contribution in [1.29, 1.82) is 0 Å². The third kappa shape index (κ3) is 1.55. The van der Waals surface area contributed by atoms with Gasteiger partial charge in [0.05, 0.1) is 12.8 Å². The number of benzene rings is 2. The van der Waals surface area contributed by atoms with Crippen LogP contribution >= 0.6 is 0 Å². The Balaban J connectivity index is 2.05. The topological polar surface area (TPSA) is 38.8 Å². The van der Waals surface area contributed by atoms with Crippen molar-refractivity contribution in [3.05, 3.63) is 77.6 Å². The maximum atomic E-state index is 12.6. The maximum absolute atomic E-state index is 12.6. The van der Waals surface area contributed by atoms with Crippen LogP contribution in [0.15, 0.2) is 66.4 Å². The normalized spacial score (nSPS) is 23.1. The van der Waals surface area contributed by atoms with E-state index in [0.29, 0.717) is 5.57 Å². The van der Waals surface area contributed by atoms with Crippen molar-refractivity contribution in [3.8, 4) is 0 Å². The van der Waals surface area contributed by atoms with Crippen LogP contribution < -0.4 is 5.06 Å². The number of ether oxygens (including phenoxy) is 1. The molecule has 0 saturated heterocycles. The third-order valence-corrected chi connectivity index (χ3v) is 5.27. The lowest BCUT2D eigenvalue weighted by atomic mass is 9.64. The molecule has 0 spiro atoms. The second-order valence-corrected chi connectivity index (χ2v) is 6.64. The first-order valence-corrected chi connectivity index (χ1v) is 7.96. The quantitative estimate of drug-likeness (QED) is 0.791. The highest BCUT2D eigenvalue weighted by molar-refractivity contribution is 5.95. The first-order valence-electron chi connectivity index (χ1n) is 7.96. The molecule has 0 saturated carbocycles. The summed E-state index contributed by atoms with van der Waals surface area (Å²) in [6.07, 6.45) is 1.52. The molecule has 0 aromatic heterocycles. The number of esters is 1. The Morgan fingerprint density at radius 1 is 1.04 bits per heavy atom. The van der Waals surface area contributed by atoms with Crippen molar-refractivity contribution in [1.82, 2.24) is 0 Å². The summed E-state index contributed by atoms with van der Waals surface area (Å²) in [6, 6.07) is 18.1. The van der Waals surface area contributed by atoms with Gasteiger partial charge in [-0.3, -0.25) is 0 Å². The highest BCUT2D eigenvalue weighted by Gasteiger charge is 2.65. The summed E-state index contributed by atoms with van der Waals surface area (Å²) in [4.78, 5) is 18.5. The molecule has 2 aliphatic heterocycles. The van der Waals surface area contributed by atoms with Gasteiger partial charge >= 0.3 is 5.97 Å². The summed E-state index contributed by atoms with van der Waals surface area (Å²) in [5, 5.41) is 1.85. The van der Waals surface area contributed by atoms with Gasteiger partial charge in [0.25, 0.3) is 0 Å². The highest BCUT2D eigenvalue weighted by Crippen LogP contribution is 2.62. The Kier molecular flexibility index (Phi) is 3.01. The van der Waals surface area contributed by atoms with E-state index in [1.807, 2.05) is 53.6 Å². The molecule has 0 N–H and O–H groups in total. The number of hydrogen-bond donors (Lipinski definition) is 0. The van der Waals surface area contributed by atoms with E-state index in [2.05, 4.69) is 19.9 Å². The molecule has 0 bridgehead atoms. The van der Waals surface area contributed by atoms with E-state index in [1.165, 1.54) is 13.4 Å². The minimum Gasteiger partial charge on any atom is -0.465 e. The number of hydrogen-bond acceptors (Lipinski definition) is 4. The van der Waals surface area contributed by atoms with Crippen LogP contribution in [-0.4, -0.2) is 13.1 Å². The summed E-state index contributed by atoms with van der Waals surface area (Å²) in [5.74, 6) is -0.373. The lowest BCUT2D eigenvalue weighted by Gasteiger charge is -2.42. The fraction of sp³-hybridized carbons (Fsp3) is 0.250. The van der Waals surface area contributed by atoms with Crippen molar-refractivity contribution in [2.45, 2.75) is 24.8 Å². The van der Waals surface area contributed by atoms with Crippen molar-refractivity contribution in [2.75, 3.05) is 12.2 Å². The van der Waals surface area contributed by atoms with Gasteiger partial charge in [0.15, 0.2) is 0 Å².